The number of hydrogen-bond donors (Lipinski definition) is 1. The molecule has 0 amide bonds. The molecular weight excluding hydrogens is 1160 g/mol. The van der Waals surface area contributed by atoms with E-state index in [0.29, 0.717) is 0 Å². The van der Waals surface area contributed by atoms with Gasteiger partial charge in [0.15, 0.2) is 15.0 Å². The highest BCUT2D eigenvalue weighted by molar-refractivity contribution is 7.99. The van der Waals surface area contributed by atoms with Gasteiger partial charge in [-0.15, -0.1) is 0 Å². The minimum Gasteiger partial charge on any atom is -0.741 e. The van der Waals surface area contributed by atoms with E-state index in [1.165, 1.54) is 19.6 Å². The van der Waals surface area contributed by atoms with Crippen molar-refractivity contribution >= 4 is 54.2 Å². The maximum Gasteiger partial charge on any atom is 0.522 e. The molecule has 0 bridgehead atoms. The number of para-hydroxylation sites is 3. The van der Waals surface area contributed by atoms with Gasteiger partial charge in [-0.1, -0.05) is 157 Å². The van der Waals surface area contributed by atoms with Gasteiger partial charge in [-0.3, -0.25) is 4.55 Å². The summed E-state index contributed by atoms with van der Waals surface area (Å²) >= 11 is 3.63. The van der Waals surface area contributed by atoms with E-state index < -0.39 is 31.3 Å². The van der Waals surface area contributed by atoms with Gasteiger partial charge in [0.2, 0.25) is 4.21 Å². The van der Waals surface area contributed by atoms with Crippen LogP contribution in [0.1, 0.15) is 5.56 Å². The van der Waals surface area contributed by atoms with Crippen LogP contribution in [-0.4, -0.2) is 43.2 Å². The summed E-state index contributed by atoms with van der Waals surface area (Å²) in [5.74, 6) is 4.74. The summed E-state index contributed by atoms with van der Waals surface area (Å²) in [4.78, 5) is 3.74. The van der Waals surface area contributed by atoms with Crippen molar-refractivity contribution in [2.24, 2.45) is 0 Å². The Morgan fingerprint density at radius 2 is 0.817 bits per heavy atom. The largest absolute Gasteiger partial charge is 0.741 e. The van der Waals surface area contributed by atoms with Crippen LogP contribution < -0.4 is 14.2 Å². The molecular formula is C62H48F6O9S5. The van der Waals surface area contributed by atoms with Crippen LogP contribution in [0, 0.1) is 6.92 Å². The summed E-state index contributed by atoms with van der Waals surface area (Å²) in [6.07, 6.45) is 2.29. The Kier molecular flexibility index (Phi) is 21.3. The summed E-state index contributed by atoms with van der Waals surface area (Å²) in [5, 5.41) is 2.22. The van der Waals surface area contributed by atoms with E-state index in [1.807, 2.05) is 139 Å². The third-order valence-electron chi connectivity index (χ3n) is 11.2. The topological polar surface area (TPSA) is 139 Å². The predicted octanol–water partition coefficient (Wildman–Crippen LogP) is 18.4. The molecule has 1 aromatic heterocycles. The third kappa shape index (κ3) is 18.1. The minimum atomic E-state index is -6.09. The molecule has 0 spiro atoms. The second kappa shape index (κ2) is 28.2. The zero-order chi connectivity index (χ0) is 58.9. The molecule has 0 saturated carbocycles. The van der Waals surface area contributed by atoms with Gasteiger partial charge < -0.3 is 18.8 Å². The van der Waals surface area contributed by atoms with Crippen LogP contribution in [-0.2, 0) is 31.1 Å². The molecule has 10 rings (SSSR count). The van der Waals surface area contributed by atoms with Gasteiger partial charge in [-0.25, -0.2) is 8.42 Å². The van der Waals surface area contributed by atoms with E-state index in [4.69, 9.17) is 40.2 Å². The van der Waals surface area contributed by atoms with E-state index in [-0.39, 0.29) is 10.9 Å². The Hall–Kier alpha value is -7.82. The smallest absolute Gasteiger partial charge is 0.522 e. The van der Waals surface area contributed by atoms with Crippen LogP contribution in [0.2, 0.25) is 0 Å². The summed E-state index contributed by atoms with van der Waals surface area (Å²) in [6, 6.07) is 82.7. The zero-order valence-corrected chi connectivity index (χ0v) is 47.3. The quantitative estimate of drug-likeness (QED) is 0.0514. The fourth-order valence-electron chi connectivity index (χ4n) is 7.37. The molecule has 9 nitrogen and oxygen atoms in total. The molecule has 0 fully saturated rings. The molecule has 82 heavy (non-hydrogen) atoms. The Labute approximate surface area is 482 Å². The van der Waals surface area contributed by atoms with E-state index in [9.17, 15) is 26.3 Å². The van der Waals surface area contributed by atoms with Crippen LogP contribution in [0.25, 0.3) is 33.4 Å². The molecule has 20 heteroatoms. The van der Waals surface area contributed by atoms with Crippen LogP contribution >= 0.6 is 23.1 Å². The summed E-state index contributed by atoms with van der Waals surface area (Å²) in [7, 11) is -11.7. The lowest BCUT2D eigenvalue weighted by atomic mass is 9.87. The van der Waals surface area contributed by atoms with Crippen molar-refractivity contribution < 1.29 is 66.5 Å². The normalized spacial score (nSPS) is 11.7. The Bertz CT molecular complexity index is 3780. The van der Waals surface area contributed by atoms with Crippen LogP contribution in [0.15, 0.2) is 267 Å². The number of benzene rings is 9. The first-order valence-electron chi connectivity index (χ1n) is 24.2. The van der Waals surface area contributed by atoms with Gasteiger partial charge >= 0.3 is 21.1 Å². The second-order valence-corrected chi connectivity index (χ2v) is 24.2. The molecule has 9 aromatic carbocycles. The minimum absolute atomic E-state index is 0.243. The number of aryl methyl sites for hydroxylation is 1. The van der Waals surface area contributed by atoms with Gasteiger partial charge in [0.1, 0.15) is 40.8 Å². The molecule has 422 valence electrons. The van der Waals surface area contributed by atoms with Gasteiger partial charge in [0.25, 0.3) is 0 Å². The average molecular weight is 1210 g/mol. The summed E-state index contributed by atoms with van der Waals surface area (Å²) in [5.41, 5.74) is -3.18. The van der Waals surface area contributed by atoms with E-state index in [2.05, 4.69) is 134 Å². The van der Waals surface area contributed by atoms with Crippen LogP contribution in [0.4, 0.5) is 26.3 Å². The van der Waals surface area contributed by atoms with Crippen molar-refractivity contribution in [3.63, 3.8) is 0 Å². The number of rotatable bonds is 13. The number of hydrogen-bond acceptors (Lipinski definition) is 10. The number of ether oxygens (including phenoxy) is 3. The number of alkyl halides is 6. The Morgan fingerprint density at radius 3 is 1.17 bits per heavy atom. The van der Waals surface area contributed by atoms with Gasteiger partial charge in [0.05, 0.1) is 10.9 Å². The zero-order valence-electron chi connectivity index (χ0n) is 43.2. The SMILES string of the molecule is Cc1csc([S+](C)c2ccccc2)c1.O=S(=O)(O)C(F)(F)F.O=S(=O)([O-])C(F)(F)F.c1ccc(Oc2ccc(-c3ccc(Sc4ccccc4)c(-c4ccc(Oc5ccccc5)cc4)c3-c3ccc(Oc4ccccc4)cc3)cc2)cc1. The Balaban J connectivity index is 0.000000261. The van der Waals surface area contributed by atoms with Crippen molar-refractivity contribution in [3.8, 4) is 67.9 Å². The van der Waals surface area contributed by atoms with Crippen molar-refractivity contribution in [1.29, 1.82) is 0 Å². The van der Waals surface area contributed by atoms with Gasteiger partial charge in [-0.05, 0) is 149 Å². The van der Waals surface area contributed by atoms with E-state index in [1.54, 1.807) is 11.8 Å². The van der Waals surface area contributed by atoms with Crippen LogP contribution in [0.3, 0.4) is 0 Å². The summed E-state index contributed by atoms with van der Waals surface area (Å²) < 4.78 is 136. The molecule has 0 aliphatic heterocycles. The lowest BCUT2D eigenvalue weighted by Gasteiger charge is -2.21. The maximum atomic E-state index is 10.7. The molecule has 0 radical (unpaired) electrons. The first kappa shape index (κ1) is 61.8. The molecule has 1 unspecified atom stereocenters. The molecule has 0 saturated heterocycles. The molecule has 0 aliphatic rings. The Morgan fingerprint density at radius 1 is 0.476 bits per heavy atom. The van der Waals surface area contributed by atoms with Crippen molar-refractivity contribution in [1.82, 2.24) is 0 Å². The maximum absolute atomic E-state index is 10.7. The first-order chi connectivity index (χ1) is 39.0. The fourth-order valence-corrected chi connectivity index (χ4v) is 11.2. The highest BCUT2D eigenvalue weighted by Crippen LogP contribution is 2.48. The molecule has 0 aliphatic carbocycles. The monoisotopic (exact) mass is 1210 g/mol. The number of thiophene rings is 1. The van der Waals surface area contributed by atoms with E-state index >= 15 is 0 Å². The third-order valence-corrected chi connectivity index (χ3v) is 17.0. The fraction of sp³-hybridized carbons (Fsp3) is 0.0645. The van der Waals surface area contributed by atoms with Crippen molar-refractivity contribution in [3.05, 3.63) is 254 Å². The highest BCUT2D eigenvalue weighted by Gasteiger charge is 2.44. The average Bonchev–Trinajstić information content (AvgIpc) is 3.91. The lowest BCUT2D eigenvalue weighted by molar-refractivity contribution is -0.0519. The highest BCUT2D eigenvalue weighted by atomic mass is 32.2. The first-order valence-corrected chi connectivity index (χ1v) is 30.4. The molecule has 1 N–H and O–H groups in total. The van der Waals surface area contributed by atoms with Crippen molar-refractivity contribution in [2.75, 3.05) is 6.26 Å². The van der Waals surface area contributed by atoms with Crippen molar-refractivity contribution in [2.45, 2.75) is 36.8 Å². The van der Waals surface area contributed by atoms with Gasteiger partial charge in [0, 0.05) is 21.4 Å². The number of halogens is 6. The van der Waals surface area contributed by atoms with Gasteiger partial charge in [-0.2, -0.15) is 34.8 Å². The van der Waals surface area contributed by atoms with Crippen LogP contribution in [0.5, 0.6) is 34.5 Å². The second-order valence-electron chi connectivity index (χ2n) is 17.2. The summed E-state index contributed by atoms with van der Waals surface area (Å²) in [6.45, 7) is 2.15. The van der Waals surface area contributed by atoms with E-state index in [0.717, 1.165) is 72.8 Å². The predicted molar refractivity (Wildman–Crippen MR) is 312 cm³/mol. The molecule has 1 atom stereocenters. The standard InChI is InChI=1S/C48H34O3S.C12H13S2.2CHF3O3S/c1-5-13-38(14-6-1)49-41-27-21-35(22-28-41)45-33-34-46(52-44-19-11-4-12-20-44)48(37-25-31-43(32-26-37)51-40-17-9-3-10-18-40)47(45)36-23-29-42(30-24-36)50-39-15-7-2-8-16-39;1-10-8-12(13-9-10)14(2)11-6-4-3-5-7-11;2*2-1(3,4)8(5,6)7/h1-34H;3-9H,1-2H3;2*(H,5,6,7)/q;+1;;/p-1. The molecule has 10 aromatic rings. The lowest BCUT2D eigenvalue weighted by Crippen LogP contribution is -2.21. The molecule has 1 heterocycles.